The van der Waals surface area contributed by atoms with Crippen LogP contribution in [-0.4, -0.2) is 0 Å². The van der Waals surface area contributed by atoms with Crippen LogP contribution in [0.25, 0.3) is 0 Å². The number of aryl methyl sites for hydroxylation is 1. The second-order valence-electron chi connectivity index (χ2n) is 5.51. The highest BCUT2D eigenvalue weighted by Gasteiger charge is 2.17. The lowest BCUT2D eigenvalue weighted by atomic mass is 9.82. The Morgan fingerprint density at radius 1 is 1.12 bits per heavy atom. The monoisotopic (exact) mass is 238 g/mol. The van der Waals surface area contributed by atoms with E-state index in [2.05, 4.69) is 39.8 Å². The maximum Gasteiger partial charge on any atom is 0.0408 e. The summed E-state index contributed by atoms with van der Waals surface area (Å²) >= 11 is 6.08. The topological polar surface area (TPSA) is 0 Å². The molecule has 0 nitrogen and oxygen atoms in total. The maximum absolute atomic E-state index is 6.08. The van der Waals surface area contributed by atoms with Crippen LogP contribution in [0.3, 0.4) is 0 Å². The van der Waals surface area contributed by atoms with Gasteiger partial charge in [-0.1, -0.05) is 58.2 Å². The van der Waals surface area contributed by atoms with E-state index in [9.17, 15) is 0 Å². The van der Waals surface area contributed by atoms with Crippen LogP contribution in [-0.2, 0) is 11.8 Å². The molecule has 0 aliphatic rings. The molecule has 0 heterocycles. The van der Waals surface area contributed by atoms with Gasteiger partial charge in [-0.3, -0.25) is 0 Å². The second kappa shape index (κ2) is 5.72. The van der Waals surface area contributed by atoms with Gasteiger partial charge in [0.15, 0.2) is 0 Å². The highest BCUT2D eigenvalue weighted by molar-refractivity contribution is 6.30. The first kappa shape index (κ1) is 13.6. The fraction of sp³-hybridized carbons (Fsp3) is 0.600. The normalized spacial score (nSPS) is 11.8. The van der Waals surface area contributed by atoms with E-state index in [0.29, 0.717) is 0 Å². The lowest BCUT2D eigenvalue weighted by Crippen LogP contribution is -2.14. The maximum atomic E-state index is 6.08. The molecule has 0 N–H and O–H groups in total. The number of hydrogen-bond donors (Lipinski definition) is 0. The minimum absolute atomic E-state index is 0.214. The summed E-state index contributed by atoms with van der Waals surface area (Å²) in [6.07, 6.45) is 4.99. The zero-order valence-corrected chi connectivity index (χ0v) is 11.7. The molecule has 0 radical (unpaired) electrons. The summed E-state index contributed by atoms with van der Waals surface area (Å²) in [6.45, 7) is 9.03. The van der Waals surface area contributed by atoms with E-state index >= 15 is 0 Å². The standard InChI is InChI=1S/C15H23Cl/c1-5-6-7-8-12-11-13(16)9-10-14(12)15(2,3)4/h9-11H,5-8H2,1-4H3. The van der Waals surface area contributed by atoms with Crippen LogP contribution in [0.5, 0.6) is 0 Å². The summed E-state index contributed by atoms with van der Waals surface area (Å²) in [5.74, 6) is 0. The van der Waals surface area contributed by atoms with Gasteiger partial charge in [0.2, 0.25) is 0 Å². The van der Waals surface area contributed by atoms with E-state index in [0.717, 1.165) is 11.4 Å². The van der Waals surface area contributed by atoms with E-state index in [1.165, 1.54) is 30.4 Å². The second-order valence-corrected chi connectivity index (χ2v) is 5.95. The van der Waals surface area contributed by atoms with E-state index in [1.807, 2.05) is 6.07 Å². The molecule has 1 heteroatoms. The highest BCUT2D eigenvalue weighted by Crippen LogP contribution is 2.29. The molecule has 0 spiro atoms. The average Bonchev–Trinajstić information content (AvgIpc) is 2.16. The minimum Gasteiger partial charge on any atom is -0.0843 e. The zero-order valence-electron chi connectivity index (χ0n) is 10.9. The third-order valence-corrected chi connectivity index (χ3v) is 3.16. The van der Waals surface area contributed by atoms with Crippen LogP contribution in [0.4, 0.5) is 0 Å². The number of benzene rings is 1. The summed E-state index contributed by atoms with van der Waals surface area (Å²) < 4.78 is 0. The van der Waals surface area contributed by atoms with Crippen molar-refractivity contribution in [2.45, 2.75) is 58.8 Å². The number of halogens is 1. The summed E-state index contributed by atoms with van der Waals surface area (Å²) in [4.78, 5) is 0. The van der Waals surface area contributed by atoms with Crippen LogP contribution in [0.1, 0.15) is 58.1 Å². The molecular formula is C15H23Cl. The SMILES string of the molecule is CCCCCc1cc(Cl)ccc1C(C)(C)C. The van der Waals surface area contributed by atoms with E-state index in [-0.39, 0.29) is 5.41 Å². The summed E-state index contributed by atoms with van der Waals surface area (Å²) in [5.41, 5.74) is 3.08. The first-order chi connectivity index (χ1) is 7.45. The Labute approximate surface area is 105 Å². The Kier molecular flexibility index (Phi) is 4.86. The van der Waals surface area contributed by atoms with Crippen molar-refractivity contribution >= 4 is 11.6 Å². The predicted molar refractivity (Wildman–Crippen MR) is 73.4 cm³/mol. The predicted octanol–water partition coefficient (Wildman–Crippen LogP) is 5.37. The van der Waals surface area contributed by atoms with Gasteiger partial charge in [-0.25, -0.2) is 0 Å². The largest absolute Gasteiger partial charge is 0.0843 e. The highest BCUT2D eigenvalue weighted by atomic mass is 35.5. The quantitative estimate of drug-likeness (QED) is 0.619. The van der Waals surface area contributed by atoms with Gasteiger partial charge in [0.05, 0.1) is 0 Å². The molecule has 0 fully saturated rings. The molecule has 0 aliphatic carbocycles. The molecule has 0 saturated carbocycles. The van der Waals surface area contributed by atoms with Crippen molar-refractivity contribution in [1.29, 1.82) is 0 Å². The number of rotatable bonds is 4. The fourth-order valence-corrected chi connectivity index (χ4v) is 2.26. The molecule has 0 amide bonds. The van der Waals surface area contributed by atoms with Crippen molar-refractivity contribution in [2.24, 2.45) is 0 Å². The molecule has 0 aliphatic heterocycles. The lowest BCUT2D eigenvalue weighted by Gasteiger charge is -2.23. The molecule has 0 aromatic heterocycles. The van der Waals surface area contributed by atoms with E-state index in [4.69, 9.17) is 11.6 Å². The summed E-state index contributed by atoms with van der Waals surface area (Å²) in [5, 5.41) is 0.861. The molecule has 16 heavy (non-hydrogen) atoms. The van der Waals surface area contributed by atoms with Crippen LogP contribution >= 0.6 is 11.6 Å². The molecule has 1 aromatic rings. The van der Waals surface area contributed by atoms with Crippen LogP contribution < -0.4 is 0 Å². The number of hydrogen-bond acceptors (Lipinski definition) is 0. The van der Waals surface area contributed by atoms with Gasteiger partial charge in [0.1, 0.15) is 0 Å². The molecule has 90 valence electrons. The third-order valence-electron chi connectivity index (χ3n) is 2.92. The van der Waals surface area contributed by atoms with Crippen LogP contribution in [0.15, 0.2) is 18.2 Å². The van der Waals surface area contributed by atoms with Crippen LogP contribution in [0, 0.1) is 0 Å². The molecular weight excluding hydrogens is 216 g/mol. The Morgan fingerprint density at radius 2 is 1.81 bits per heavy atom. The minimum atomic E-state index is 0.214. The molecule has 1 rings (SSSR count). The Hall–Kier alpha value is -0.490. The van der Waals surface area contributed by atoms with Gasteiger partial charge in [-0.15, -0.1) is 0 Å². The Bertz CT molecular complexity index is 334. The van der Waals surface area contributed by atoms with Gasteiger partial charge in [0, 0.05) is 5.02 Å². The zero-order chi connectivity index (χ0) is 12.2. The van der Waals surface area contributed by atoms with Gasteiger partial charge in [-0.05, 0) is 41.5 Å². The molecule has 0 saturated heterocycles. The van der Waals surface area contributed by atoms with Crippen molar-refractivity contribution < 1.29 is 0 Å². The van der Waals surface area contributed by atoms with Gasteiger partial charge in [-0.2, -0.15) is 0 Å². The lowest BCUT2D eigenvalue weighted by molar-refractivity contribution is 0.578. The van der Waals surface area contributed by atoms with E-state index < -0.39 is 0 Å². The average molecular weight is 239 g/mol. The number of unbranched alkanes of at least 4 members (excludes halogenated alkanes) is 2. The van der Waals surface area contributed by atoms with Gasteiger partial charge < -0.3 is 0 Å². The Morgan fingerprint density at radius 3 is 2.38 bits per heavy atom. The van der Waals surface area contributed by atoms with Crippen molar-refractivity contribution in [3.63, 3.8) is 0 Å². The van der Waals surface area contributed by atoms with E-state index in [1.54, 1.807) is 0 Å². The summed E-state index contributed by atoms with van der Waals surface area (Å²) in [6, 6.07) is 6.33. The van der Waals surface area contributed by atoms with Crippen molar-refractivity contribution in [1.82, 2.24) is 0 Å². The summed E-state index contributed by atoms with van der Waals surface area (Å²) in [7, 11) is 0. The van der Waals surface area contributed by atoms with Gasteiger partial charge >= 0.3 is 0 Å². The molecule has 0 bridgehead atoms. The van der Waals surface area contributed by atoms with Crippen molar-refractivity contribution in [3.8, 4) is 0 Å². The fourth-order valence-electron chi connectivity index (χ4n) is 2.07. The van der Waals surface area contributed by atoms with Gasteiger partial charge in [0.25, 0.3) is 0 Å². The third kappa shape index (κ3) is 3.83. The van der Waals surface area contributed by atoms with Crippen molar-refractivity contribution in [3.05, 3.63) is 34.3 Å². The first-order valence-electron chi connectivity index (χ1n) is 6.24. The van der Waals surface area contributed by atoms with Crippen molar-refractivity contribution in [2.75, 3.05) is 0 Å². The molecule has 0 atom stereocenters. The van der Waals surface area contributed by atoms with Crippen LogP contribution in [0.2, 0.25) is 5.02 Å². The smallest absolute Gasteiger partial charge is 0.0408 e. The Balaban J connectivity index is 2.90. The molecule has 1 aromatic carbocycles. The molecule has 0 unspecified atom stereocenters. The first-order valence-corrected chi connectivity index (χ1v) is 6.62.